The average Bonchev–Trinajstić information content (AvgIpc) is 3.40. The lowest BCUT2D eigenvalue weighted by atomic mass is 10.1. The molecule has 144 valence electrons. The smallest absolute Gasteiger partial charge is 0.275 e. The van der Waals surface area contributed by atoms with E-state index in [0.29, 0.717) is 5.69 Å². The van der Waals surface area contributed by atoms with Crippen LogP contribution in [0.4, 0.5) is 5.69 Å². The maximum atomic E-state index is 12.5. The summed E-state index contributed by atoms with van der Waals surface area (Å²) in [7, 11) is 0. The molecular weight excluding hydrogens is 366 g/mol. The second-order valence-corrected chi connectivity index (χ2v) is 8.18. The summed E-state index contributed by atoms with van der Waals surface area (Å²) in [5.41, 5.74) is 3.80. The summed E-state index contributed by atoms with van der Waals surface area (Å²) >= 11 is 1.53. The van der Waals surface area contributed by atoms with Gasteiger partial charge in [0.25, 0.3) is 5.91 Å². The molecule has 2 aromatic carbocycles. The number of benzene rings is 2. The van der Waals surface area contributed by atoms with Gasteiger partial charge >= 0.3 is 0 Å². The number of thiazole rings is 1. The lowest BCUT2D eigenvalue weighted by Crippen LogP contribution is -2.21. The van der Waals surface area contributed by atoms with Crippen molar-refractivity contribution in [1.82, 2.24) is 9.88 Å². The van der Waals surface area contributed by atoms with Gasteiger partial charge in [0.05, 0.1) is 5.01 Å². The number of hydrogen-bond donors (Lipinski definition) is 1. The second-order valence-electron chi connectivity index (χ2n) is 7.24. The second kappa shape index (κ2) is 9.13. The Labute approximate surface area is 170 Å². The molecule has 0 radical (unpaired) electrons. The van der Waals surface area contributed by atoms with Gasteiger partial charge in [-0.3, -0.25) is 4.79 Å². The van der Waals surface area contributed by atoms with Gasteiger partial charge in [0.15, 0.2) is 0 Å². The van der Waals surface area contributed by atoms with E-state index in [1.807, 2.05) is 35.7 Å². The monoisotopic (exact) mass is 391 g/mol. The number of carbonyl (C=O) groups is 1. The van der Waals surface area contributed by atoms with Crippen LogP contribution in [0.1, 0.15) is 39.5 Å². The molecule has 1 saturated heterocycles. The quantitative estimate of drug-likeness (QED) is 0.639. The molecule has 0 saturated carbocycles. The molecule has 3 aromatic rings. The third-order valence-corrected chi connectivity index (χ3v) is 5.96. The minimum Gasteiger partial charge on any atom is -0.321 e. The van der Waals surface area contributed by atoms with Gasteiger partial charge in [0.2, 0.25) is 0 Å². The normalized spacial score (nSPS) is 14.3. The van der Waals surface area contributed by atoms with Crippen LogP contribution in [0.3, 0.4) is 0 Å². The van der Waals surface area contributed by atoms with E-state index in [-0.39, 0.29) is 5.91 Å². The molecule has 1 aliphatic heterocycles. The largest absolute Gasteiger partial charge is 0.321 e. The minimum atomic E-state index is -0.152. The SMILES string of the molecule is O=C(Nc1ccc(CCN2CCCC2)cc1)c1csc(Cc2ccccc2)n1. The predicted octanol–water partition coefficient (Wildman–Crippen LogP) is 4.62. The van der Waals surface area contributed by atoms with Crippen LogP contribution in [0, 0.1) is 0 Å². The van der Waals surface area contributed by atoms with Crippen LogP contribution in [0.25, 0.3) is 0 Å². The Morgan fingerprint density at radius 2 is 1.75 bits per heavy atom. The third-order valence-electron chi connectivity index (χ3n) is 5.11. The number of hydrogen-bond acceptors (Lipinski definition) is 4. The third kappa shape index (κ3) is 5.06. The van der Waals surface area contributed by atoms with Gasteiger partial charge in [-0.15, -0.1) is 11.3 Å². The summed E-state index contributed by atoms with van der Waals surface area (Å²) in [6.07, 6.45) is 4.47. The topological polar surface area (TPSA) is 45.2 Å². The van der Waals surface area contributed by atoms with Gasteiger partial charge in [0.1, 0.15) is 5.69 Å². The molecule has 28 heavy (non-hydrogen) atoms. The van der Waals surface area contributed by atoms with E-state index < -0.39 is 0 Å². The van der Waals surface area contributed by atoms with Gasteiger partial charge in [0, 0.05) is 24.0 Å². The van der Waals surface area contributed by atoms with Gasteiger partial charge in [-0.1, -0.05) is 42.5 Å². The summed E-state index contributed by atoms with van der Waals surface area (Å²) in [6.45, 7) is 3.58. The molecule has 0 aliphatic carbocycles. The van der Waals surface area contributed by atoms with Crippen molar-refractivity contribution < 1.29 is 4.79 Å². The molecule has 1 aliphatic rings. The van der Waals surface area contributed by atoms with Crippen molar-refractivity contribution in [3.8, 4) is 0 Å². The molecule has 2 heterocycles. The molecule has 1 fully saturated rings. The maximum absolute atomic E-state index is 12.5. The predicted molar refractivity (Wildman–Crippen MR) is 115 cm³/mol. The van der Waals surface area contributed by atoms with Crippen molar-refractivity contribution in [2.45, 2.75) is 25.7 Å². The van der Waals surface area contributed by atoms with Crippen molar-refractivity contribution in [1.29, 1.82) is 0 Å². The van der Waals surface area contributed by atoms with Gasteiger partial charge in [-0.05, 0) is 55.6 Å². The number of carbonyl (C=O) groups excluding carboxylic acids is 1. The van der Waals surface area contributed by atoms with Crippen LogP contribution in [-0.4, -0.2) is 35.4 Å². The summed E-state index contributed by atoms with van der Waals surface area (Å²) in [5.74, 6) is -0.152. The molecule has 1 aromatic heterocycles. The Morgan fingerprint density at radius 3 is 2.50 bits per heavy atom. The van der Waals surface area contributed by atoms with Crippen LogP contribution >= 0.6 is 11.3 Å². The van der Waals surface area contributed by atoms with Crippen molar-refractivity contribution in [3.63, 3.8) is 0 Å². The van der Waals surface area contributed by atoms with Crippen LogP contribution in [-0.2, 0) is 12.8 Å². The highest BCUT2D eigenvalue weighted by molar-refractivity contribution is 7.09. The van der Waals surface area contributed by atoms with Crippen LogP contribution in [0.5, 0.6) is 0 Å². The van der Waals surface area contributed by atoms with Crippen LogP contribution in [0.2, 0.25) is 0 Å². The Balaban J connectivity index is 1.30. The first-order chi connectivity index (χ1) is 13.8. The van der Waals surface area contributed by atoms with E-state index in [1.54, 1.807) is 0 Å². The molecule has 4 nitrogen and oxygen atoms in total. The summed E-state index contributed by atoms with van der Waals surface area (Å²) < 4.78 is 0. The highest BCUT2D eigenvalue weighted by Gasteiger charge is 2.13. The molecule has 1 N–H and O–H groups in total. The van der Waals surface area contributed by atoms with Gasteiger partial charge < -0.3 is 10.2 Å². The Hall–Kier alpha value is -2.50. The van der Waals surface area contributed by atoms with Crippen molar-refractivity contribution in [3.05, 3.63) is 81.8 Å². The van der Waals surface area contributed by atoms with E-state index in [9.17, 15) is 4.79 Å². The Kier molecular flexibility index (Phi) is 6.14. The standard InChI is InChI=1S/C23H25N3OS/c27-23(21-17-28-22(25-21)16-19-6-2-1-3-7-19)24-20-10-8-18(9-11-20)12-15-26-13-4-5-14-26/h1-3,6-11,17H,4-5,12-16H2,(H,24,27). The maximum Gasteiger partial charge on any atom is 0.275 e. The average molecular weight is 392 g/mol. The molecular formula is C23H25N3OS. The first-order valence-corrected chi connectivity index (χ1v) is 10.8. The first kappa shape index (κ1) is 18.8. The molecule has 4 rings (SSSR count). The molecule has 0 atom stereocenters. The number of aromatic nitrogens is 1. The fourth-order valence-electron chi connectivity index (χ4n) is 3.51. The number of nitrogens with one attached hydrogen (secondary N) is 1. The molecule has 0 bridgehead atoms. The number of amides is 1. The zero-order valence-electron chi connectivity index (χ0n) is 15.9. The number of anilines is 1. The van der Waals surface area contributed by atoms with Crippen LogP contribution in [0.15, 0.2) is 60.0 Å². The Morgan fingerprint density at radius 1 is 1.00 bits per heavy atom. The van der Waals surface area contributed by atoms with E-state index in [2.05, 4.69) is 39.5 Å². The van der Waals surface area contributed by atoms with E-state index in [4.69, 9.17) is 0 Å². The first-order valence-electron chi connectivity index (χ1n) is 9.87. The zero-order chi connectivity index (χ0) is 19.2. The lowest BCUT2D eigenvalue weighted by Gasteiger charge is -2.14. The number of nitrogens with zero attached hydrogens (tertiary/aromatic N) is 2. The summed E-state index contributed by atoms with van der Waals surface area (Å²) in [4.78, 5) is 19.5. The van der Waals surface area contributed by atoms with Crippen molar-refractivity contribution >= 4 is 22.9 Å². The Bertz CT molecular complexity index is 899. The van der Waals surface area contributed by atoms with E-state index >= 15 is 0 Å². The van der Waals surface area contributed by atoms with Gasteiger partial charge in [-0.2, -0.15) is 0 Å². The lowest BCUT2D eigenvalue weighted by molar-refractivity contribution is 0.102. The molecule has 0 spiro atoms. The van der Waals surface area contributed by atoms with Crippen LogP contribution < -0.4 is 5.32 Å². The van der Waals surface area contributed by atoms with Gasteiger partial charge in [-0.25, -0.2) is 4.98 Å². The molecule has 1 amide bonds. The number of likely N-dealkylation sites (tertiary alicyclic amines) is 1. The fraction of sp³-hybridized carbons (Fsp3) is 0.304. The summed E-state index contributed by atoms with van der Waals surface area (Å²) in [6, 6.07) is 18.4. The van der Waals surface area contributed by atoms with E-state index in [1.165, 1.54) is 48.4 Å². The highest BCUT2D eigenvalue weighted by atomic mass is 32.1. The van der Waals surface area contributed by atoms with E-state index in [0.717, 1.165) is 30.1 Å². The zero-order valence-corrected chi connectivity index (χ0v) is 16.8. The fourth-order valence-corrected chi connectivity index (χ4v) is 4.32. The molecule has 0 unspecified atom stereocenters. The van der Waals surface area contributed by atoms with Crippen molar-refractivity contribution in [2.75, 3.05) is 25.0 Å². The summed E-state index contributed by atoms with van der Waals surface area (Å²) in [5, 5.41) is 5.74. The van der Waals surface area contributed by atoms with Crippen molar-refractivity contribution in [2.24, 2.45) is 0 Å². The minimum absolute atomic E-state index is 0.152. The number of rotatable bonds is 7. The highest BCUT2D eigenvalue weighted by Crippen LogP contribution is 2.17. The molecule has 5 heteroatoms.